The predicted molar refractivity (Wildman–Crippen MR) is 107 cm³/mol. The molecule has 10 heteroatoms. The Morgan fingerprint density at radius 1 is 1.09 bits per heavy atom. The molecule has 0 aliphatic carbocycles. The van der Waals surface area contributed by atoms with Crippen LogP contribution in [0.3, 0.4) is 0 Å². The van der Waals surface area contributed by atoms with E-state index in [9.17, 15) is 28.5 Å². The Kier molecular flexibility index (Phi) is 4.66. The molecule has 0 spiro atoms. The molecular weight excluding hydrogens is 427 g/mol. The molecule has 1 aromatic carbocycles. The van der Waals surface area contributed by atoms with Crippen LogP contribution >= 0.6 is 0 Å². The minimum absolute atomic E-state index is 0.126. The maximum atomic E-state index is 13.5. The number of aromatic hydroxyl groups is 2. The van der Waals surface area contributed by atoms with Crippen LogP contribution in [-0.4, -0.2) is 50.0 Å². The van der Waals surface area contributed by atoms with E-state index in [0.717, 1.165) is 16.7 Å². The number of aromatic nitrogens is 1. The smallest absolute Gasteiger partial charge is 0.417 e. The summed E-state index contributed by atoms with van der Waals surface area (Å²) in [7, 11) is 0. The number of hydrogen-bond acceptors (Lipinski definition) is 6. The van der Waals surface area contributed by atoms with Crippen molar-refractivity contribution in [3.05, 3.63) is 40.5 Å². The molecule has 0 saturated carbocycles. The highest BCUT2D eigenvalue weighted by atomic mass is 19.4. The van der Waals surface area contributed by atoms with Crippen LogP contribution in [0.15, 0.2) is 18.2 Å². The lowest BCUT2D eigenvalue weighted by atomic mass is 9.94. The van der Waals surface area contributed by atoms with E-state index in [1.165, 1.54) is 12.1 Å². The quantitative estimate of drug-likeness (QED) is 0.662. The Balaban J connectivity index is 1.86. The van der Waals surface area contributed by atoms with Gasteiger partial charge in [-0.05, 0) is 45.9 Å². The van der Waals surface area contributed by atoms with Crippen LogP contribution < -0.4 is 0 Å². The number of benzene rings is 1. The van der Waals surface area contributed by atoms with Gasteiger partial charge in [0, 0.05) is 19.6 Å². The molecule has 0 amide bonds. The van der Waals surface area contributed by atoms with Gasteiger partial charge in [0.1, 0.15) is 11.2 Å². The van der Waals surface area contributed by atoms with Crippen LogP contribution in [0.4, 0.5) is 13.2 Å². The maximum absolute atomic E-state index is 13.5. The molecule has 7 nitrogen and oxygen atoms in total. The van der Waals surface area contributed by atoms with Crippen LogP contribution in [0.2, 0.25) is 0 Å². The van der Waals surface area contributed by atoms with Gasteiger partial charge in [0.05, 0.1) is 39.6 Å². The number of rotatable bonds is 3. The molecule has 32 heavy (non-hydrogen) atoms. The van der Waals surface area contributed by atoms with Gasteiger partial charge in [-0.3, -0.25) is 9.47 Å². The lowest BCUT2D eigenvalue weighted by molar-refractivity contribution is -0.193. The third kappa shape index (κ3) is 3.32. The fraction of sp³-hybridized carbons (Fsp3) is 0.500. The van der Waals surface area contributed by atoms with E-state index in [-0.39, 0.29) is 5.69 Å². The Bertz CT molecular complexity index is 1100. The summed E-state index contributed by atoms with van der Waals surface area (Å²) in [6.07, 6.45) is -4.78. The molecule has 2 aromatic rings. The standard InChI is InChI=1S/C22H24F3N3O4/c1-19(2,31)9-27-10-20(3)15-16(21(4,11-27)32-20)18(30)28(17(15)29)13-6-5-12(8-26)14(7-13)22(23,24)25/h5-7,29-31H,9-11H2,1-4H3. The average molecular weight is 451 g/mol. The average Bonchev–Trinajstić information content (AvgIpc) is 2.99. The normalized spacial score (nSPS) is 25.6. The first-order chi connectivity index (χ1) is 14.6. The fourth-order valence-electron chi connectivity index (χ4n) is 5.19. The summed E-state index contributed by atoms with van der Waals surface area (Å²) in [6.45, 7) is 7.75. The van der Waals surface area contributed by atoms with Gasteiger partial charge in [-0.2, -0.15) is 18.4 Å². The molecule has 2 bridgehead atoms. The van der Waals surface area contributed by atoms with Crippen molar-refractivity contribution in [3.8, 4) is 23.5 Å². The zero-order chi connectivity index (χ0) is 23.9. The minimum atomic E-state index is -4.78. The molecule has 0 radical (unpaired) electrons. The largest absolute Gasteiger partial charge is 0.494 e. The molecule has 4 rings (SSSR count). The van der Waals surface area contributed by atoms with Crippen LogP contribution in [0.1, 0.15) is 49.9 Å². The number of aliphatic hydroxyl groups is 1. The first-order valence-corrected chi connectivity index (χ1v) is 10.0. The van der Waals surface area contributed by atoms with Gasteiger partial charge in [-0.25, -0.2) is 0 Å². The number of hydrogen-bond donors (Lipinski definition) is 3. The first-order valence-electron chi connectivity index (χ1n) is 10.0. The zero-order valence-electron chi connectivity index (χ0n) is 18.1. The second-order valence-electron chi connectivity index (χ2n) is 9.59. The van der Waals surface area contributed by atoms with Crippen molar-refractivity contribution in [2.75, 3.05) is 19.6 Å². The molecule has 2 aliphatic heterocycles. The molecule has 3 heterocycles. The van der Waals surface area contributed by atoms with Crippen molar-refractivity contribution >= 4 is 0 Å². The number of halogens is 3. The van der Waals surface area contributed by atoms with E-state index in [1.807, 2.05) is 4.90 Å². The van der Waals surface area contributed by atoms with Crippen LogP contribution in [0, 0.1) is 11.3 Å². The molecule has 1 saturated heterocycles. The molecule has 2 unspecified atom stereocenters. The second-order valence-corrected chi connectivity index (χ2v) is 9.59. The van der Waals surface area contributed by atoms with Gasteiger partial charge in [-0.15, -0.1) is 0 Å². The summed E-state index contributed by atoms with van der Waals surface area (Å²) in [5, 5.41) is 41.4. The number of morpholine rings is 1. The molecule has 2 aliphatic rings. The lowest BCUT2D eigenvalue weighted by Crippen LogP contribution is -2.54. The summed E-state index contributed by atoms with van der Waals surface area (Å²) in [5.74, 6) is -0.849. The molecule has 1 aromatic heterocycles. The number of nitriles is 1. The zero-order valence-corrected chi connectivity index (χ0v) is 18.1. The number of ether oxygens (including phenoxy) is 1. The summed E-state index contributed by atoms with van der Waals surface area (Å²) >= 11 is 0. The van der Waals surface area contributed by atoms with Crippen molar-refractivity contribution < 1.29 is 33.2 Å². The molecule has 172 valence electrons. The monoisotopic (exact) mass is 451 g/mol. The third-order valence-electron chi connectivity index (χ3n) is 5.98. The van der Waals surface area contributed by atoms with Crippen molar-refractivity contribution in [3.63, 3.8) is 0 Å². The van der Waals surface area contributed by atoms with Gasteiger partial charge in [0.15, 0.2) is 0 Å². The minimum Gasteiger partial charge on any atom is -0.494 e. The van der Waals surface area contributed by atoms with Crippen molar-refractivity contribution in [2.45, 2.75) is 50.7 Å². The van der Waals surface area contributed by atoms with E-state index in [2.05, 4.69) is 0 Å². The molecule has 2 atom stereocenters. The number of alkyl halides is 3. The Labute approximate surface area is 182 Å². The van der Waals surface area contributed by atoms with Gasteiger partial charge >= 0.3 is 6.18 Å². The van der Waals surface area contributed by atoms with Gasteiger partial charge < -0.3 is 20.1 Å². The lowest BCUT2D eigenvalue weighted by Gasteiger charge is -2.45. The first kappa shape index (κ1) is 22.5. The van der Waals surface area contributed by atoms with Crippen LogP contribution in [0.25, 0.3) is 5.69 Å². The predicted octanol–water partition coefficient (Wildman–Crippen LogP) is 3.33. The highest BCUT2D eigenvalue weighted by Crippen LogP contribution is 2.59. The van der Waals surface area contributed by atoms with Gasteiger partial charge in [0.25, 0.3) is 0 Å². The van der Waals surface area contributed by atoms with Crippen molar-refractivity contribution in [1.82, 2.24) is 9.47 Å². The number of nitrogens with zero attached hydrogens (tertiary/aromatic N) is 3. The van der Waals surface area contributed by atoms with Crippen molar-refractivity contribution in [1.29, 1.82) is 5.26 Å². The van der Waals surface area contributed by atoms with E-state index in [1.54, 1.807) is 27.7 Å². The highest BCUT2D eigenvalue weighted by Gasteiger charge is 2.59. The Hall–Kier alpha value is -2.74. The molecule has 3 N–H and O–H groups in total. The summed E-state index contributed by atoms with van der Waals surface area (Å²) in [4.78, 5) is 1.97. The summed E-state index contributed by atoms with van der Waals surface area (Å²) in [6, 6.07) is 4.50. The van der Waals surface area contributed by atoms with E-state index >= 15 is 0 Å². The second kappa shape index (κ2) is 6.63. The molecule has 1 fully saturated rings. The SMILES string of the molecule is CC(C)(O)CN1CC2(C)OC(C)(C1)c1c2c(O)n(-c2ccc(C#N)c(C(F)(F)F)c2)c1O. The highest BCUT2D eigenvalue weighted by molar-refractivity contribution is 5.61. The van der Waals surface area contributed by atoms with E-state index in [0.29, 0.717) is 30.8 Å². The number of β-amino-alcohol motifs (C(OH)–C–C–N with tert-alkyl or cyclic N) is 1. The molecular formula is C22H24F3N3O4. The summed E-state index contributed by atoms with van der Waals surface area (Å²) < 4.78 is 47.5. The van der Waals surface area contributed by atoms with E-state index in [4.69, 9.17) is 10.00 Å². The van der Waals surface area contributed by atoms with Crippen LogP contribution in [-0.2, 0) is 22.1 Å². The Morgan fingerprint density at radius 2 is 1.62 bits per heavy atom. The van der Waals surface area contributed by atoms with Crippen LogP contribution in [0.5, 0.6) is 11.8 Å². The number of fused-ring (bicyclic) bond motifs is 5. The fourth-order valence-corrected chi connectivity index (χ4v) is 5.19. The van der Waals surface area contributed by atoms with Gasteiger partial charge in [0.2, 0.25) is 11.8 Å². The third-order valence-corrected chi connectivity index (χ3v) is 5.98. The maximum Gasteiger partial charge on any atom is 0.417 e. The summed E-state index contributed by atoms with van der Waals surface area (Å²) in [5.41, 5.74) is -4.33. The topological polar surface area (TPSA) is 102 Å². The van der Waals surface area contributed by atoms with E-state index < -0.39 is 45.9 Å². The van der Waals surface area contributed by atoms with Crippen molar-refractivity contribution in [2.24, 2.45) is 0 Å². The Morgan fingerprint density at radius 3 is 2.06 bits per heavy atom. The van der Waals surface area contributed by atoms with Gasteiger partial charge in [-0.1, -0.05) is 0 Å².